The molecule has 20 heavy (non-hydrogen) atoms. The van der Waals surface area contributed by atoms with E-state index in [1.54, 1.807) is 5.57 Å². The number of pyridine rings is 1. The fraction of sp³-hybridized carbons (Fsp3) is 0.611. The Kier molecular flexibility index (Phi) is 6.25. The van der Waals surface area contributed by atoms with Gasteiger partial charge in [-0.05, 0) is 56.7 Å². The fourth-order valence-electron chi connectivity index (χ4n) is 2.95. The van der Waals surface area contributed by atoms with E-state index in [0.29, 0.717) is 6.04 Å². The van der Waals surface area contributed by atoms with Crippen LogP contribution >= 0.6 is 0 Å². The summed E-state index contributed by atoms with van der Waals surface area (Å²) in [5.74, 6) is 0. The summed E-state index contributed by atoms with van der Waals surface area (Å²) in [7, 11) is 0. The van der Waals surface area contributed by atoms with E-state index in [9.17, 15) is 0 Å². The minimum Gasteiger partial charge on any atom is -0.314 e. The van der Waals surface area contributed by atoms with E-state index < -0.39 is 0 Å². The van der Waals surface area contributed by atoms with E-state index in [0.717, 1.165) is 19.4 Å². The lowest BCUT2D eigenvalue weighted by atomic mass is 9.92. The Hall–Kier alpha value is -1.15. The van der Waals surface area contributed by atoms with Gasteiger partial charge in [0.15, 0.2) is 0 Å². The zero-order valence-electron chi connectivity index (χ0n) is 13.0. The molecule has 0 aliphatic heterocycles. The first kappa shape index (κ1) is 15.2. The summed E-state index contributed by atoms with van der Waals surface area (Å²) in [5, 5.41) is 3.63. The summed E-state index contributed by atoms with van der Waals surface area (Å²) in [6.45, 7) is 5.40. The Morgan fingerprint density at radius 2 is 2.10 bits per heavy atom. The second kappa shape index (κ2) is 8.21. The molecule has 0 radical (unpaired) electrons. The van der Waals surface area contributed by atoms with Crippen LogP contribution in [0.15, 0.2) is 30.0 Å². The van der Waals surface area contributed by atoms with Gasteiger partial charge in [0, 0.05) is 24.4 Å². The lowest BCUT2D eigenvalue weighted by molar-refractivity contribution is 0.500. The Balaban J connectivity index is 1.94. The molecule has 0 spiro atoms. The number of hydrogen-bond acceptors (Lipinski definition) is 2. The molecule has 0 bridgehead atoms. The van der Waals surface area contributed by atoms with Crippen molar-refractivity contribution in [3.05, 3.63) is 41.2 Å². The van der Waals surface area contributed by atoms with Crippen LogP contribution in [-0.4, -0.2) is 17.6 Å². The molecule has 110 valence electrons. The third-order valence-corrected chi connectivity index (χ3v) is 4.14. The molecule has 1 atom stereocenters. The molecule has 2 rings (SSSR count). The van der Waals surface area contributed by atoms with Crippen molar-refractivity contribution in [2.24, 2.45) is 0 Å². The largest absolute Gasteiger partial charge is 0.314 e. The summed E-state index contributed by atoms with van der Waals surface area (Å²) >= 11 is 0. The van der Waals surface area contributed by atoms with Crippen molar-refractivity contribution < 1.29 is 0 Å². The quantitative estimate of drug-likeness (QED) is 0.757. The number of nitrogens with zero attached hydrogens (tertiary/aromatic N) is 1. The number of aryl methyl sites for hydroxylation is 1. The summed E-state index contributed by atoms with van der Waals surface area (Å²) in [4.78, 5) is 4.61. The third-order valence-electron chi connectivity index (χ3n) is 4.14. The Bertz CT molecular complexity index is 420. The standard InChI is InChI=1S/C18H28N2/c1-3-15-10-11-17(20-14-15)13-18(19-4-2)12-16-8-6-5-7-9-16/h8,10-11,14,18-19H,3-7,9,12-13H2,1-2H3. The number of likely N-dealkylation sites (N-methyl/N-ethyl adjacent to an activating group) is 1. The molecule has 1 aromatic heterocycles. The van der Waals surface area contributed by atoms with Gasteiger partial charge in [-0.25, -0.2) is 0 Å². The van der Waals surface area contributed by atoms with Crippen molar-refractivity contribution in [3.63, 3.8) is 0 Å². The molecular weight excluding hydrogens is 244 g/mol. The Labute approximate surface area is 123 Å². The zero-order valence-corrected chi connectivity index (χ0v) is 13.0. The molecule has 1 unspecified atom stereocenters. The zero-order chi connectivity index (χ0) is 14.2. The Morgan fingerprint density at radius 3 is 2.70 bits per heavy atom. The minimum absolute atomic E-state index is 0.532. The topological polar surface area (TPSA) is 24.9 Å². The van der Waals surface area contributed by atoms with E-state index >= 15 is 0 Å². The third kappa shape index (κ3) is 4.75. The molecule has 1 aromatic rings. The highest BCUT2D eigenvalue weighted by molar-refractivity contribution is 5.16. The second-order valence-corrected chi connectivity index (χ2v) is 5.78. The van der Waals surface area contributed by atoms with Gasteiger partial charge in [0.05, 0.1) is 0 Å². The predicted octanol–water partition coefficient (Wildman–Crippen LogP) is 4.06. The number of allylic oxidation sites excluding steroid dienone is 1. The monoisotopic (exact) mass is 272 g/mol. The van der Waals surface area contributed by atoms with Crippen molar-refractivity contribution in [2.45, 2.75) is 64.8 Å². The number of hydrogen-bond donors (Lipinski definition) is 1. The van der Waals surface area contributed by atoms with Gasteiger partial charge in [0.25, 0.3) is 0 Å². The summed E-state index contributed by atoms with van der Waals surface area (Å²) < 4.78 is 0. The van der Waals surface area contributed by atoms with Gasteiger partial charge in [-0.15, -0.1) is 0 Å². The van der Waals surface area contributed by atoms with Crippen LogP contribution in [0.4, 0.5) is 0 Å². The average Bonchev–Trinajstić information content (AvgIpc) is 2.49. The summed E-state index contributed by atoms with van der Waals surface area (Å²) in [6, 6.07) is 4.94. The molecule has 0 saturated carbocycles. The van der Waals surface area contributed by atoms with Crippen molar-refractivity contribution in [2.75, 3.05) is 6.54 Å². The van der Waals surface area contributed by atoms with Crippen molar-refractivity contribution >= 4 is 0 Å². The number of nitrogens with one attached hydrogen (secondary N) is 1. The Morgan fingerprint density at radius 1 is 1.20 bits per heavy atom. The van der Waals surface area contributed by atoms with E-state index in [2.05, 4.69) is 42.4 Å². The van der Waals surface area contributed by atoms with Gasteiger partial charge in [-0.3, -0.25) is 4.98 Å². The highest BCUT2D eigenvalue weighted by atomic mass is 14.9. The van der Waals surface area contributed by atoms with E-state index in [4.69, 9.17) is 0 Å². The van der Waals surface area contributed by atoms with Crippen molar-refractivity contribution in [3.8, 4) is 0 Å². The molecule has 0 amide bonds. The number of aromatic nitrogens is 1. The highest BCUT2D eigenvalue weighted by Crippen LogP contribution is 2.22. The summed E-state index contributed by atoms with van der Waals surface area (Å²) in [6.07, 6.45) is 13.1. The van der Waals surface area contributed by atoms with Crippen LogP contribution in [0.2, 0.25) is 0 Å². The van der Waals surface area contributed by atoms with Crippen LogP contribution in [0.5, 0.6) is 0 Å². The average molecular weight is 272 g/mol. The first-order valence-electron chi connectivity index (χ1n) is 8.17. The maximum Gasteiger partial charge on any atom is 0.0419 e. The minimum atomic E-state index is 0.532. The van der Waals surface area contributed by atoms with Gasteiger partial charge < -0.3 is 5.32 Å². The molecule has 2 nitrogen and oxygen atoms in total. The van der Waals surface area contributed by atoms with Crippen molar-refractivity contribution in [1.29, 1.82) is 0 Å². The lowest BCUT2D eigenvalue weighted by Crippen LogP contribution is -2.32. The van der Waals surface area contributed by atoms with Gasteiger partial charge in [-0.1, -0.05) is 31.6 Å². The summed E-state index contributed by atoms with van der Waals surface area (Å²) in [5.41, 5.74) is 4.18. The molecule has 0 fully saturated rings. The van der Waals surface area contributed by atoms with Gasteiger partial charge in [0.1, 0.15) is 0 Å². The van der Waals surface area contributed by atoms with Gasteiger partial charge in [-0.2, -0.15) is 0 Å². The van der Waals surface area contributed by atoms with Crippen LogP contribution in [0, 0.1) is 0 Å². The van der Waals surface area contributed by atoms with Crippen LogP contribution in [-0.2, 0) is 12.8 Å². The molecule has 1 N–H and O–H groups in total. The first-order chi connectivity index (χ1) is 9.81. The van der Waals surface area contributed by atoms with E-state index in [1.165, 1.54) is 43.4 Å². The van der Waals surface area contributed by atoms with Crippen LogP contribution in [0.1, 0.15) is 57.2 Å². The molecule has 0 aromatic carbocycles. The number of rotatable bonds is 7. The highest BCUT2D eigenvalue weighted by Gasteiger charge is 2.13. The van der Waals surface area contributed by atoms with Crippen LogP contribution < -0.4 is 5.32 Å². The molecule has 1 aliphatic rings. The predicted molar refractivity (Wildman–Crippen MR) is 86.0 cm³/mol. The van der Waals surface area contributed by atoms with E-state index in [-0.39, 0.29) is 0 Å². The van der Waals surface area contributed by atoms with Crippen LogP contribution in [0.3, 0.4) is 0 Å². The lowest BCUT2D eigenvalue weighted by Gasteiger charge is -2.21. The van der Waals surface area contributed by atoms with Crippen molar-refractivity contribution in [1.82, 2.24) is 10.3 Å². The van der Waals surface area contributed by atoms with Gasteiger partial charge in [0.2, 0.25) is 0 Å². The second-order valence-electron chi connectivity index (χ2n) is 5.78. The smallest absolute Gasteiger partial charge is 0.0419 e. The van der Waals surface area contributed by atoms with Gasteiger partial charge >= 0.3 is 0 Å². The van der Waals surface area contributed by atoms with E-state index in [1.807, 2.05) is 6.20 Å². The first-order valence-corrected chi connectivity index (χ1v) is 8.17. The van der Waals surface area contributed by atoms with Crippen LogP contribution in [0.25, 0.3) is 0 Å². The maximum absolute atomic E-state index is 4.61. The molecule has 1 aliphatic carbocycles. The fourth-order valence-corrected chi connectivity index (χ4v) is 2.95. The molecular formula is C18H28N2. The normalized spacial score (nSPS) is 16.8. The molecule has 1 heterocycles. The molecule has 0 saturated heterocycles. The SMILES string of the molecule is CCNC(CC1=CCCCC1)Cc1ccc(CC)cn1. The maximum atomic E-state index is 4.61. The molecule has 2 heteroatoms.